The molecule has 0 aliphatic heterocycles. The third kappa shape index (κ3) is 4.72. The molecule has 6 nitrogen and oxygen atoms in total. The largest absolute Gasteiger partial charge is 0.340 e. The number of nitrogens with zero attached hydrogens (tertiary/aromatic N) is 2. The second-order valence-electron chi connectivity index (χ2n) is 5.91. The molecule has 136 valence electrons. The van der Waals surface area contributed by atoms with Crippen molar-refractivity contribution in [2.45, 2.75) is 13.8 Å². The van der Waals surface area contributed by atoms with Gasteiger partial charge in [-0.15, -0.1) is 0 Å². The zero-order valence-electron chi connectivity index (χ0n) is 14.8. The van der Waals surface area contributed by atoms with Crippen LogP contribution in [0.1, 0.15) is 33.6 Å². The van der Waals surface area contributed by atoms with E-state index in [-0.39, 0.29) is 17.3 Å². The van der Waals surface area contributed by atoms with Crippen molar-refractivity contribution < 1.29 is 14.0 Å². The predicted octanol–water partition coefficient (Wildman–Crippen LogP) is 4.12. The van der Waals surface area contributed by atoms with Crippen LogP contribution in [0, 0.1) is 12.7 Å². The molecule has 0 aliphatic carbocycles. The highest BCUT2D eigenvalue weighted by Gasteiger charge is 2.12. The molecule has 0 aliphatic rings. The fraction of sp³-hybridized carbons (Fsp3) is 0.100. The molecule has 3 rings (SSSR count). The van der Waals surface area contributed by atoms with E-state index in [1.54, 1.807) is 43.3 Å². The Morgan fingerprint density at radius 1 is 0.963 bits per heavy atom. The van der Waals surface area contributed by atoms with Crippen LogP contribution < -0.4 is 10.6 Å². The van der Waals surface area contributed by atoms with Gasteiger partial charge in [0, 0.05) is 23.0 Å². The van der Waals surface area contributed by atoms with E-state index in [9.17, 15) is 14.0 Å². The van der Waals surface area contributed by atoms with E-state index < -0.39 is 5.91 Å². The molecular weight excluding hydrogens is 347 g/mol. The minimum Gasteiger partial charge on any atom is -0.340 e. The molecule has 27 heavy (non-hydrogen) atoms. The Balaban J connectivity index is 1.80. The van der Waals surface area contributed by atoms with Gasteiger partial charge in [-0.1, -0.05) is 12.1 Å². The Kier molecular flexibility index (Phi) is 5.21. The highest BCUT2D eigenvalue weighted by atomic mass is 19.1. The third-order valence-corrected chi connectivity index (χ3v) is 3.71. The van der Waals surface area contributed by atoms with Crippen molar-refractivity contribution in [2.75, 3.05) is 10.6 Å². The second-order valence-corrected chi connectivity index (χ2v) is 5.91. The topological polar surface area (TPSA) is 84.0 Å². The number of carbonyl (C=O) groups excluding carboxylic acids is 2. The minimum absolute atomic E-state index is 0.0882. The SMILES string of the molecule is CC(=O)c1cccc(NC(=O)c2cc(Nc3ccc(F)cc3)nc(C)n2)c1. The number of aryl methyl sites for hydroxylation is 1. The normalized spacial score (nSPS) is 10.3. The average molecular weight is 364 g/mol. The van der Waals surface area contributed by atoms with Gasteiger partial charge in [-0.05, 0) is 50.2 Å². The maximum absolute atomic E-state index is 13.0. The maximum Gasteiger partial charge on any atom is 0.274 e. The molecule has 0 atom stereocenters. The van der Waals surface area contributed by atoms with Gasteiger partial charge in [-0.2, -0.15) is 0 Å². The van der Waals surface area contributed by atoms with Gasteiger partial charge in [-0.3, -0.25) is 9.59 Å². The quantitative estimate of drug-likeness (QED) is 0.665. The number of benzene rings is 2. The molecule has 7 heteroatoms. The van der Waals surface area contributed by atoms with Gasteiger partial charge in [0.2, 0.25) is 0 Å². The lowest BCUT2D eigenvalue weighted by Gasteiger charge is -2.10. The van der Waals surface area contributed by atoms with E-state index in [0.717, 1.165) is 0 Å². The summed E-state index contributed by atoms with van der Waals surface area (Å²) in [6.07, 6.45) is 0. The smallest absolute Gasteiger partial charge is 0.274 e. The van der Waals surface area contributed by atoms with Crippen LogP contribution in [0.15, 0.2) is 54.6 Å². The summed E-state index contributed by atoms with van der Waals surface area (Å²) in [6, 6.07) is 14.0. The first kappa shape index (κ1) is 18.2. The monoisotopic (exact) mass is 364 g/mol. The van der Waals surface area contributed by atoms with Crippen molar-refractivity contribution >= 4 is 28.9 Å². The van der Waals surface area contributed by atoms with Crippen LogP contribution >= 0.6 is 0 Å². The minimum atomic E-state index is -0.427. The fourth-order valence-corrected chi connectivity index (χ4v) is 2.44. The van der Waals surface area contributed by atoms with E-state index >= 15 is 0 Å². The number of hydrogen-bond donors (Lipinski definition) is 2. The number of halogens is 1. The highest BCUT2D eigenvalue weighted by molar-refractivity contribution is 6.04. The van der Waals surface area contributed by atoms with E-state index in [2.05, 4.69) is 20.6 Å². The molecule has 0 spiro atoms. The lowest BCUT2D eigenvalue weighted by molar-refractivity contribution is 0.100. The lowest BCUT2D eigenvalue weighted by atomic mass is 10.1. The summed E-state index contributed by atoms with van der Waals surface area (Å²) in [4.78, 5) is 32.4. The summed E-state index contributed by atoms with van der Waals surface area (Å²) < 4.78 is 13.0. The number of carbonyl (C=O) groups is 2. The van der Waals surface area contributed by atoms with Gasteiger partial charge < -0.3 is 10.6 Å². The second kappa shape index (κ2) is 7.74. The van der Waals surface area contributed by atoms with Gasteiger partial charge in [0.25, 0.3) is 5.91 Å². The summed E-state index contributed by atoms with van der Waals surface area (Å²) in [5, 5.41) is 5.73. The van der Waals surface area contributed by atoms with Crippen LogP contribution in [0.25, 0.3) is 0 Å². The Bertz CT molecular complexity index is 1000. The van der Waals surface area contributed by atoms with Crippen molar-refractivity contribution in [2.24, 2.45) is 0 Å². The van der Waals surface area contributed by atoms with Crippen LogP contribution in [0.3, 0.4) is 0 Å². The van der Waals surface area contributed by atoms with Gasteiger partial charge >= 0.3 is 0 Å². The molecule has 3 aromatic rings. The van der Waals surface area contributed by atoms with Crippen molar-refractivity contribution in [1.82, 2.24) is 9.97 Å². The van der Waals surface area contributed by atoms with E-state index in [4.69, 9.17) is 0 Å². The molecule has 2 aromatic carbocycles. The molecule has 0 radical (unpaired) electrons. The molecule has 1 aromatic heterocycles. The molecule has 1 heterocycles. The van der Waals surface area contributed by atoms with Gasteiger partial charge in [-0.25, -0.2) is 14.4 Å². The van der Waals surface area contributed by atoms with Crippen LogP contribution in [0.5, 0.6) is 0 Å². The average Bonchev–Trinajstić information content (AvgIpc) is 2.63. The molecule has 0 fully saturated rings. The zero-order chi connectivity index (χ0) is 19.4. The maximum atomic E-state index is 13.0. The Morgan fingerprint density at radius 3 is 2.41 bits per heavy atom. The summed E-state index contributed by atoms with van der Waals surface area (Å²) in [5.74, 6) is -0.0353. The van der Waals surface area contributed by atoms with Crippen molar-refractivity contribution in [3.8, 4) is 0 Å². The highest BCUT2D eigenvalue weighted by Crippen LogP contribution is 2.17. The number of ketones is 1. The standard InChI is InChI=1S/C20H17FN4O2/c1-12(26)14-4-3-5-17(10-14)25-20(27)18-11-19(23-13(2)22-18)24-16-8-6-15(21)7-9-16/h3-11H,1-2H3,(H,25,27)(H,22,23,24). The number of aromatic nitrogens is 2. The number of rotatable bonds is 5. The first-order valence-corrected chi connectivity index (χ1v) is 8.21. The number of nitrogens with one attached hydrogen (secondary N) is 2. The molecule has 0 unspecified atom stereocenters. The number of amides is 1. The van der Waals surface area contributed by atoms with Crippen LogP contribution in [0.4, 0.5) is 21.6 Å². The number of anilines is 3. The Hall–Kier alpha value is -3.61. The lowest BCUT2D eigenvalue weighted by Crippen LogP contribution is -2.15. The summed E-state index contributed by atoms with van der Waals surface area (Å²) in [7, 11) is 0. The van der Waals surface area contributed by atoms with Crippen molar-refractivity contribution in [3.63, 3.8) is 0 Å². The molecule has 0 saturated heterocycles. The van der Waals surface area contributed by atoms with Gasteiger partial charge in [0.05, 0.1) is 0 Å². The first-order valence-electron chi connectivity index (χ1n) is 8.21. The zero-order valence-corrected chi connectivity index (χ0v) is 14.8. The van der Waals surface area contributed by atoms with E-state index in [0.29, 0.717) is 28.6 Å². The van der Waals surface area contributed by atoms with Gasteiger partial charge in [0.1, 0.15) is 23.2 Å². The number of Topliss-reactive ketones (excluding diaryl/α,β-unsaturated/α-hetero) is 1. The molecule has 1 amide bonds. The summed E-state index contributed by atoms with van der Waals surface area (Å²) in [5.41, 5.74) is 1.80. The molecular formula is C20H17FN4O2. The molecule has 0 bridgehead atoms. The van der Waals surface area contributed by atoms with Crippen molar-refractivity contribution in [3.05, 3.63) is 77.5 Å². The summed E-state index contributed by atoms with van der Waals surface area (Å²) in [6.45, 7) is 3.13. The first-order chi connectivity index (χ1) is 12.9. The van der Waals surface area contributed by atoms with Gasteiger partial charge in [0.15, 0.2) is 5.78 Å². The fourth-order valence-electron chi connectivity index (χ4n) is 2.44. The Morgan fingerprint density at radius 2 is 1.70 bits per heavy atom. The predicted molar refractivity (Wildman–Crippen MR) is 101 cm³/mol. The van der Waals surface area contributed by atoms with E-state index in [1.165, 1.54) is 25.1 Å². The summed E-state index contributed by atoms with van der Waals surface area (Å²) >= 11 is 0. The Labute approximate surface area is 155 Å². The van der Waals surface area contributed by atoms with Crippen LogP contribution in [-0.2, 0) is 0 Å². The third-order valence-electron chi connectivity index (χ3n) is 3.71. The van der Waals surface area contributed by atoms with E-state index in [1.807, 2.05) is 0 Å². The van der Waals surface area contributed by atoms with Crippen LogP contribution in [-0.4, -0.2) is 21.7 Å². The molecule has 0 saturated carbocycles. The van der Waals surface area contributed by atoms with Crippen LogP contribution in [0.2, 0.25) is 0 Å². The molecule has 2 N–H and O–H groups in total. The van der Waals surface area contributed by atoms with Crippen molar-refractivity contribution in [1.29, 1.82) is 0 Å². The number of hydrogen-bond acceptors (Lipinski definition) is 5.